The topological polar surface area (TPSA) is 91.5 Å². The molecule has 0 saturated carbocycles. The maximum atomic E-state index is 10.9. The second kappa shape index (κ2) is 5.28. The van der Waals surface area contributed by atoms with E-state index in [2.05, 4.69) is 15.2 Å². The highest BCUT2D eigenvalue weighted by Crippen LogP contribution is 2.29. The summed E-state index contributed by atoms with van der Waals surface area (Å²) in [6, 6.07) is 2.52. The Morgan fingerprint density at radius 1 is 1.45 bits per heavy atom. The Bertz CT molecular complexity index is 520. The van der Waals surface area contributed by atoms with Gasteiger partial charge in [0.1, 0.15) is 5.82 Å². The smallest absolute Gasteiger partial charge is 0.337 e. The molecule has 6 nitrogen and oxygen atoms in total. The predicted molar refractivity (Wildman–Crippen MR) is 76.8 cm³/mol. The molecular weight excluding hydrogens is 256 g/mol. The van der Waals surface area contributed by atoms with Gasteiger partial charge in [-0.2, -0.15) is 0 Å². The Balaban J connectivity index is 1.67. The highest BCUT2D eigenvalue weighted by molar-refractivity contribution is 5.89. The molecule has 1 aromatic rings. The Kier molecular flexibility index (Phi) is 3.48. The first kappa shape index (κ1) is 13.2. The Morgan fingerprint density at radius 3 is 3.05 bits per heavy atom. The minimum atomic E-state index is -1.00. The summed E-state index contributed by atoms with van der Waals surface area (Å²) in [4.78, 5) is 17.6. The van der Waals surface area contributed by atoms with Crippen molar-refractivity contribution in [3.8, 4) is 0 Å². The number of nitrogens with one attached hydrogen (secondary N) is 1. The molecule has 1 aromatic heterocycles. The number of nitrogens with two attached hydrogens (primary N) is 1. The Labute approximate surface area is 118 Å². The van der Waals surface area contributed by atoms with Gasteiger partial charge in [-0.1, -0.05) is 0 Å². The zero-order chi connectivity index (χ0) is 14.1. The number of nitrogen functional groups attached to an aromatic ring is 1. The quantitative estimate of drug-likeness (QED) is 0.773. The van der Waals surface area contributed by atoms with Crippen molar-refractivity contribution in [2.45, 2.75) is 37.8 Å². The average Bonchev–Trinajstić information content (AvgIpc) is 2.88. The molecule has 2 atom stereocenters. The second-order valence-electron chi connectivity index (χ2n) is 5.66. The fraction of sp³-hybridized carbons (Fsp3) is 0.571. The van der Waals surface area contributed by atoms with Gasteiger partial charge in [-0.25, -0.2) is 9.78 Å². The molecule has 0 aromatic carbocycles. The summed E-state index contributed by atoms with van der Waals surface area (Å²) in [6.45, 7) is 2.35. The van der Waals surface area contributed by atoms with E-state index < -0.39 is 5.97 Å². The highest BCUT2D eigenvalue weighted by atomic mass is 16.4. The van der Waals surface area contributed by atoms with Crippen molar-refractivity contribution in [3.05, 3.63) is 17.8 Å². The normalized spacial score (nSPS) is 26.2. The maximum absolute atomic E-state index is 10.9. The van der Waals surface area contributed by atoms with Crippen LogP contribution in [0.2, 0.25) is 0 Å². The van der Waals surface area contributed by atoms with Crippen molar-refractivity contribution in [2.24, 2.45) is 0 Å². The van der Waals surface area contributed by atoms with Crippen LogP contribution >= 0.6 is 0 Å². The molecule has 2 aliphatic heterocycles. The molecular formula is C14H20N4O2. The lowest BCUT2D eigenvalue weighted by atomic mass is 9.97. The zero-order valence-corrected chi connectivity index (χ0v) is 11.4. The maximum Gasteiger partial charge on any atom is 0.337 e. The number of fused-ring (bicyclic) bond motifs is 1. The number of pyridine rings is 1. The molecule has 2 saturated heterocycles. The van der Waals surface area contributed by atoms with Gasteiger partial charge in [0.15, 0.2) is 0 Å². The summed E-state index contributed by atoms with van der Waals surface area (Å²) < 4.78 is 0. The molecule has 108 valence electrons. The average molecular weight is 276 g/mol. The van der Waals surface area contributed by atoms with E-state index in [9.17, 15) is 4.79 Å². The van der Waals surface area contributed by atoms with E-state index in [1.807, 2.05) is 0 Å². The number of carboxylic acids is 1. The summed E-state index contributed by atoms with van der Waals surface area (Å²) in [5.41, 5.74) is 6.41. The molecule has 4 N–H and O–H groups in total. The van der Waals surface area contributed by atoms with Crippen LogP contribution in [-0.2, 0) is 0 Å². The first-order valence-corrected chi connectivity index (χ1v) is 7.13. The number of aromatic nitrogens is 1. The van der Waals surface area contributed by atoms with E-state index in [-0.39, 0.29) is 5.56 Å². The SMILES string of the molecule is Nc1cc(C(=O)O)cnc1NC1CCN2CCCC2C1. The third kappa shape index (κ3) is 2.56. The van der Waals surface area contributed by atoms with E-state index in [0.717, 1.165) is 19.4 Å². The number of carbonyl (C=O) groups is 1. The number of hydrogen-bond acceptors (Lipinski definition) is 5. The largest absolute Gasteiger partial charge is 0.478 e. The van der Waals surface area contributed by atoms with Crippen LogP contribution in [0.3, 0.4) is 0 Å². The molecule has 0 bridgehead atoms. The van der Waals surface area contributed by atoms with Gasteiger partial charge in [-0.05, 0) is 38.3 Å². The monoisotopic (exact) mass is 276 g/mol. The van der Waals surface area contributed by atoms with Gasteiger partial charge in [-0.15, -0.1) is 0 Å². The molecule has 0 amide bonds. The van der Waals surface area contributed by atoms with Crippen LogP contribution in [0.15, 0.2) is 12.3 Å². The lowest BCUT2D eigenvalue weighted by Crippen LogP contribution is -2.42. The van der Waals surface area contributed by atoms with Gasteiger partial charge in [0.05, 0.1) is 11.3 Å². The van der Waals surface area contributed by atoms with Crippen molar-refractivity contribution in [2.75, 3.05) is 24.1 Å². The minimum Gasteiger partial charge on any atom is -0.478 e. The first-order valence-electron chi connectivity index (χ1n) is 7.13. The molecule has 20 heavy (non-hydrogen) atoms. The molecule has 0 aliphatic carbocycles. The van der Waals surface area contributed by atoms with Gasteiger partial charge in [-0.3, -0.25) is 0 Å². The van der Waals surface area contributed by atoms with Gasteiger partial charge in [0, 0.05) is 24.8 Å². The summed E-state index contributed by atoms with van der Waals surface area (Å²) in [5.74, 6) is -0.401. The number of anilines is 2. The van der Waals surface area contributed by atoms with Gasteiger partial charge in [0.25, 0.3) is 0 Å². The fourth-order valence-corrected chi connectivity index (χ4v) is 3.27. The summed E-state index contributed by atoms with van der Waals surface area (Å²) in [7, 11) is 0. The minimum absolute atomic E-state index is 0.124. The molecule has 2 fully saturated rings. The number of nitrogens with zero attached hydrogens (tertiary/aromatic N) is 2. The second-order valence-corrected chi connectivity index (χ2v) is 5.66. The standard InChI is InChI=1S/C14H20N4O2/c15-12-6-9(14(19)20)8-16-13(12)17-10-3-5-18-4-1-2-11(18)7-10/h6,8,10-11H,1-5,7,15H2,(H,16,17)(H,19,20). The van der Waals surface area contributed by atoms with Crippen LogP contribution < -0.4 is 11.1 Å². The van der Waals surface area contributed by atoms with Gasteiger partial charge in [0.2, 0.25) is 0 Å². The number of piperidine rings is 1. The van der Waals surface area contributed by atoms with Crippen LogP contribution in [0.5, 0.6) is 0 Å². The van der Waals surface area contributed by atoms with Gasteiger partial charge < -0.3 is 21.1 Å². The van der Waals surface area contributed by atoms with E-state index in [4.69, 9.17) is 10.8 Å². The molecule has 6 heteroatoms. The van der Waals surface area contributed by atoms with Crippen LogP contribution in [0.1, 0.15) is 36.0 Å². The first-order chi connectivity index (χ1) is 9.63. The van der Waals surface area contributed by atoms with Crippen molar-refractivity contribution >= 4 is 17.5 Å². The third-order valence-corrected chi connectivity index (χ3v) is 4.33. The van der Waals surface area contributed by atoms with Crippen molar-refractivity contribution < 1.29 is 9.90 Å². The van der Waals surface area contributed by atoms with Gasteiger partial charge >= 0.3 is 5.97 Å². The highest BCUT2D eigenvalue weighted by Gasteiger charge is 2.31. The molecule has 2 aliphatic rings. The third-order valence-electron chi connectivity index (χ3n) is 4.33. The number of hydrogen-bond donors (Lipinski definition) is 3. The molecule has 3 heterocycles. The summed E-state index contributed by atoms with van der Waals surface area (Å²) in [6.07, 6.45) is 6.12. The molecule has 0 radical (unpaired) electrons. The summed E-state index contributed by atoms with van der Waals surface area (Å²) >= 11 is 0. The van der Waals surface area contributed by atoms with Crippen LogP contribution in [-0.4, -0.2) is 46.1 Å². The number of rotatable bonds is 3. The van der Waals surface area contributed by atoms with Crippen LogP contribution in [0, 0.1) is 0 Å². The van der Waals surface area contributed by atoms with Crippen molar-refractivity contribution in [3.63, 3.8) is 0 Å². The number of aromatic carboxylic acids is 1. The fourth-order valence-electron chi connectivity index (χ4n) is 3.27. The predicted octanol–water partition coefficient (Wildman–Crippen LogP) is 1.40. The molecule has 0 spiro atoms. The van der Waals surface area contributed by atoms with E-state index in [1.54, 1.807) is 0 Å². The molecule has 2 unspecified atom stereocenters. The van der Waals surface area contributed by atoms with Crippen LogP contribution in [0.4, 0.5) is 11.5 Å². The van der Waals surface area contributed by atoms with E-state index in [1.165, 1.54) is 31.6 Å². The van der Waals surface area contributed by atoms with Crippen LogP contribution in [0.25, 0.3) is 0 Å². The number of carboxylic acid groups (broad SMARTS) is 1. The lowest BCUT2D eigenvalue weighted by Gasteiger charge is -2.35. The lowest BCUT2D eigenvalue weighted by molar-refractivity contribution is 0.0696. The zero-order valence-electron chi connectivity index (χ0n) is 11.4. The van der Waals surface area contributed by atoms with E-state index in [0.29, 0.717) is 23.6 Å². The van der Waals surface area contributed by atoms with Crippen molar-refractivity contribution in [1.29, 1.82) is 0 Å². The summed E-state index contributed by atoms with van der Waals surface area (Å²) in [5, 5.41) is 12.3. The van der Waals surface area contributed by atoms with E-state index >= 15 is 0 Å². The van der Waals surface area contributed by atoms with Crippen molar-refractivity contribution in [1.82, 2.24) is 9.88 Å². The Morgan fingerprint density at radius 2 is 2.30 bits per heavy atom. The molecule has 3 rings (SSSR count). The Hall–Kier alpha value is -1.82.